The highest BCUT2D eigenvalue weighted by atomic mass is 16.6. The highest BCUT2D eigenvalue weighted by Gasteiger charge is 2.53. The van der Waals surface area contributed by atoms with Crippen molar-refractivity contribution in [2.45, 2.75) is 61.0 Å². The summed E-state index contributed by atoms with van der Waals surface area (Å²) >= 11 is 0. The van der Waals surface area contributed by atoms with Crippen LogP contribution in [0.4, 0.5) is 0 Å². The Bertz CT molecular complexity index is 404. The summed E-state index contributed by atoms with van der Waals surface area (Å²) in [6.45, 7) is -1.49. The van der Waals surface area contributed by atoms with Crippen molar-refractivity contribution in [2.75, 3.05) is 13.2 Å². The van der Waals surface area contributed by atoms with Gasteiger partial charge in [0.2, 0.25) is 0 Å². The Morgan fingerprint density at radius 2 is 0.958 bits per heavy atom. The lowest BCUT2D eigenvalue weighted by atomic mass is 9.87. The number of carbonyl (C=O) groups excluding carboxylic acids is 1. The van der Waals surface area contributed by atoms with Crippen LogP contribution in [0, 0.1) is 0 Å². The zero-order valence-electron chi connectivity index (χ0n) is 12.5. The third-order valence-corrected chi connectivity index (χ3v) is 4.35. The van der Waals surface area contributed by atoms with Crippen molar-refractivity contribution < 1.29 is 55.1 Å². The molecule has 0 radical (unpaired) electrons. The van der Waals surface area contributed by atoms with E-state index < -0.39 is 80.0 Å². The van der Waals surface area contributed by atoms with Crippen LogP contribution in [0.3, 0.4) is 0 Å². The lowest BCUT2D eigenvalue weighted by molar-refractivity contribution is -0.249. The monoisotopic (exact) mass is 354 g/mol. The zero-order chi connectivity index (χ0) is 18.2. The maximum atomic E-state index is 12.5. The fourth-order valence-electron chi connectivity index (χ4n) is 2.84. The van der Waals surface area contributed by atoms with Crippen LogP contribution in [0.1, 0.15) is 0 Å². The fourth-order valence-corrected chi connectivity index (χ4v) is 2.84. The molecule has 11 nitrogen and oxygen atoms in total. The number of aliphatic hydroxyl groups excluding tert-OH is 8. The fraction of sp³-hybridized carbons (Fsp3) is 0.923. The van der Waals surface area contributed by atoms with Crippen LogP contribution in [0.2, 0.25) is 0 Å². The van der Waals surface area contributed by atoms with E-state index >= 15 is 0 Å². The van der Waals surface area contributed by atoms with Gasteiger partial charge in [-0.05, 0) is 0 Å². The molecule has 0 saturated carbocycles. The van der Waals surface area contributed by atoms with Crippen LogP contribution in [-0.2, 0) is 14.3 Å². The number of Topliss-reactive ketones (excluding diaryl/α,β-unsaturated/α-hetero) is 1. The molecule has 10 atom stereocenters. The van der Waals surface area contributed by atoms with Crippen molar-refractivity contribution in [3.05, 3.63) is 0 Å². The van der Waals surface area contributed by atoms with Crippen LogP contribution >= 0.6 is 0 Å². The molecule has 0 amide bonds. The van der Waals surface area contributed by atoms with Crippen molar-refractivity contribution in [3.63, 3.8) is 0 Å². The second kappa shape index (κ2) is 7.66. The number of hydrogen-bond acceptors (Lipinski definition) is 11. The second-order valence-corrected chi connectivity index (χ2v) is 5.90. The molecule has 2 rings (SSSR count). The normalized spacial score (nSPS) is 49.8. The minimum absolute atomic E-state index is 0.747. The van der Waals surface area contributed by atoms with Crippen molar-refractivity contribution in [2.24, 2.45) is 0 Å². The first kappa shape index (κ1) is 19.6. The van der Waals surface area contributed by atoms with E-state index in [1.807, 2.05) is 0 Å². The lowest BCUT2D eigenvalue weighted by Crippen LogP contribution is -2.66. The number of aliphatic hydroxyl groups is 8. The molecule has 2 heterocycles. The van der Waals surface area contributed by atoms with E-state index in [2.05, 4.69) is 0 Å². The van der Waals surface area contributed by atoms with E-state index in [9.17, 15) is 35.4 Å². The maximum absolute atomic E-state index is 12.5. The minimum Gasteiger partial charge on any atom is -0.394 e. The molecule has 0 unspecified atom stereocenters. The molecule has 0 aliphatic carbocycles. The molecule has 2 saturated heterocycles. The molecule has 11 heteroatoms. The zero-order valence-corrected chi connectivity index (χ0v) is 12.5. The van der Waals surface area contributed by atoms with Gasteiger partial charge in [-0.1, -0.05) is 0 Å². The first-order valence-electron chi connectivity index (χ1n) is 7.39. The maximum Gasteiger partial charge on any atom is 0.195 e. The van der Waals surface area contributed by atoms with Gasteiger partial charge in [-0.15, -0.1) is 0 Å². The third kappa shape index (κ3) is 3.32. The van der Waals surface area contributed by atoms with Gasteiger partial charge in [0.25, 0.3) is 0 Å². The van der Waals surface area contributed by atoms with E-state index in [0.29, 0.717) is 0 Å². The summed E-state index contributed by atoms with van der Waals surface area (Å²) in [7, 11) is 0. The molecule has 24 heavy (non-hydrogen) atoms. The third-order valence-electron chi connectivity index (χ3n) is 4.35. The molecule has 0 bridgehead atoms. The van der Waals surface area contributed by atoms with Crippen LogP contribution in [0.5, 0.6) is 0 Å². The number of hydrogen-bond donors (Lipinski definition) is 8. The standard InChI is InChI=1S/C13H22O11/c14-1-3-5(16)7(18)9(20)12(23-3)11(22)13-10(21)8(19)6(17)4(2-15)24-13/h3-10,12-21H,1-2H2/t3-,4-,5-,6-,7+,8+,9-,10-,12-,13-/m1/s1. The van der Waals surface area contributed by atoms with Crippen molar-refractivity contribution in [1.29, 1.82) is 0 Å². The number of ketones is 1. The van der Waals surface area contributed by atoms with Crippen LogP contribution in [0.15, 0.2) is 0 Å². The van der Waals surface area contributed by atoms with E-state index in [-0.39, 0.29) is 0 Å². The molecule has 8 N–H and O–H groups in total. The quantitative estimate of drug-likeness (QED) is 0.239. The van der Waals surface area contributed by atoms with Crippen LogP contribution in [0.25, 0.3) is 0 Å². The van der Waals surface area contributed by atoms with Gasteiger partial charge in [-0.3, -0.25) is 4.79 Å². The van der Waals surface area contributed by atoms with Gasteiger partial charge >= 0.3 is 0 Å². The lowest BCUT2D eigenvalue weighted by Gasteiger charge is -2.43. The Labute approximate surface area is 136 Å². The molecule has 140 valence electrons. The van der Waals surface area contributed by atoms with Crippen molar-refractivity contribution >= 4 is 5.78 Å². The minimum atomic E-state index is -1.87. The summed E-state index contributed by atoms with van der Waals surface area (Å²) in [6.07, 6.45) is -16.9. The summed E-state index contributed by atoms with van der Waals surface area (Å²) in [5.41, 5.74) is 0. The van der Waals surface area contributed by atoms with Gasteiger partial charge in [-0.2, -0.15) is 0 Å². The molecule has 0 aromatic heterocycles. The summed E-state index contributed by atoms with van der Waals surface area (Å²) in [5.74, 6) is -1.08. The highest BCUT2D eigenvalue weighted by molar-refractivity contribution is 5.89. The summed E-state index contributed by atoms with van der Waals surface area (Å²) in [5, 5.41) is 76.8. The molecular formula is C13H22O11. The average Bonchev–Trinajstić information content (AvgIpc) is 2.58. The molecule has 0 aromatic rings. The van der Waals surface area contributed by atoms with E-state index in [4.69, 9.17) is 19.7 Å². The predicted octanol–water partition coefficient (Wildman–Crippen LogP) is -5.76. The van der Waals surface area contributed by atoms with Crippen molar-refractivity contribution in [1.82, 2.24) is 0 Å². The highest BCUT2D eigenvalue weighted by Crippen LogP contribution is 2.27. The Balaban J connectivity index is 2.20. The van der Waals surface area contributed by atoms with Gasteiger partial charge in [-0.25, -0.2) is 0 Å². The van der Waals surface area contributed by atoms with Crippen molar-refractivity contribution in [3.8, 4) is 0 Å². The van der Waals surface area contributed by atoms with Gasteiger partial charge in [0.15, 0.2) is 5.78 Å². The topological polar surface area (TPSA) is 197 Å². The number of rotatable bonds is 4. The molecule has 2 aliphatic heterocycles. The SMILES string of the molecule is O=C([C@@H]1O[C@H](CO)[C@@H](O)[C@H](O)[C@H]1O)[C@@H]1O[C@H](CO)[C@@H](O)[C@H](O)[C@H]1O. The Hall–Kier alpha value is -0.730. The number of ether oxygens (including phenoxy) is 2. The summed E-state index contributed by atoms with van der Waals surface area (Å²) in [6, 6.07) is 0. The first-order valence-corrected chi connectivity index (χ1v) is 7.39. The summed E-state index contributed by atoms with van der Waals surface area (Å²) in [4.78, 5) is 12.5. The molecule has 0 spiro atoms. The smallest absolute Gasteiger partial charge is 0.195 e. The molecule has 0 aromatic carbocycles. The van der Waals surface area contributed by atoms with Crippen LogP contribution < -0.4 is 0 Å². The van der Waals surface area contributed by atoms with Crippen LogP contribution in [-0.4, -0.2) is 121 Å². The van der Waals surface area contributed by atoms with Gasteiger partial charge < -0.3 is 50.3 Å². The first-order chi connectivity index (χ1) is 11.2. The number of carbonyl (C=O) groups is 1. The average molecular weight is 354 g/mol. The largest absolute Gasteiger partial charge is 0.394 e. The molecular weight excluding hydrogens is 332 g/mol. The Morgan fingerprint density at radius 1 is 0.625 bits per heavy atom. The Kier molecular flexibility index (Phi) is 6.25. The van der Waals surface area contributed by atoms with Gasteiger partial charge in [0, 0.05) is 0 Å². The molecule has 2 aliphatic rings. The van der Waals surface area contributed by atoms with Gasteiger partial charge in [0.1, 0.15) is 61.0 Å². The predicted molar refractivity (Wildman–Crippen MR) is 72.5 cm³/mol. The second-order valence-electron chi connectivity index (χ2n) is 5.90. The van der Waals surface area contributed by atoms with E-state index in [1.54, 1.807) is 0 Å². The molecule has 2 fully saturated rings. The van der Waals surface area contributed by atoms with E-state index in [0.717, 1.165) is 0 Å². The van der Waals surface area contributed by atoms with Gasteiger partial charge in [0.05, 0.1) is 13.2 Å². The Morgan fingerprint density at radius 3 is 1.25 bits per heavy atom. The van der Waals surface area contributed by atoms with E-state index in [1.165, 1.54) is 0 Å². The summed E-state index contributed by atoms with van der Waals surface area (Å²) < 4.78 is 10.1.